The van der Waals surface area contributed by atoms with Crippen molar-refractivity contribution in [2.24, 2.45) is 5.73 Å². The van der Waals surface area contributed by atoms with Crippen LogP contribution in [-0.4, -0.2) is 17.5 Å². The number of amides is 1. The quantitative estimate of drug-likeness (QED) is 0.223. The zero-order valence-corrected chi connectivity index (χ0v) is 19.9. The number of anilines is 1. The predicted molar refractivity (Wildman–Crippen MR) is 136 cm³/mol. The molecule has 0 bridgehead atoms. The monoisotopic (exact) mass is 463 g/mol. The van der Waals surface area contributed by atoms with Gasteiger partial charge in [-0.3, -0.25) is 15.0 Å². The molecule has 1 unspecified atom stereocenters. The largest absolute Gasteiger partial charge is 0.384 e. The summed E-state index contributed by atoms with van der Waals surface area (Å²) in [6.07, 6.45) is 1.18. The molecule has 6 heteroatoms. The Balaban J connectivity index is 0.000000294. The predicted octanol–water partition coefficient (Wildman–Crippen LogP) is 6.14. The third-order valence-electron chi connectivity index (χ3n) is 5.32. The van der Waals surface area contributed by atoms with E-state index in [1.54, 1.807) is 48.5 Å². The van der Waals surface area contributed by atoms with Crippen molar-refractivity contribution in [3.63, 3.8) is 0 Å². The second kappa shape index (κ2) is 12.6. The van der Waals surface area contributed by atoms with Crippen molar-refractivity contribution in [1.82, 2.24) is 0 Å². The second-order valence-electron chi connectivity index (χ2n) is 7.80. The van der Waals surface area contributed by atoms with Crippen LogP contribution in [0.1, 0.15) is 55.7 Å². The van der Waals surface area contributed by atoms with Gasteiger partial charge in [-0.1, -0.05) is 67.9 Å². The fraction of sp³-hybridized carbons (Fsp3) is 0.222. The fourth-order valence-electron chi connectivity index (χ4n) is 3.19. The Morgan fingerprint density at radius 2 is 1.52 bits per heavy atom. The van der Waals surface area contributed by atoms with Crippen molar-refractivity contribution in [1.29, 1.82) is 5.41 Å². The number of carbonyl (C=O) groups excluding carboxylic acids is 2. The van der Waals surface area contributed by atoms with Crippen molar-refractivity contribution in [2.45, 2.75) is 39.0 Å². The van der Waals surface area contributed by atoms with E-state index in [2.05, 4.69) is 31.3 Å². The van der Waals surface area contributed by atoms with Crippen LogP contribution >= 0.6 is 11.6 Å². The van der Waals surface area contributed by atoms with Gasteiger partial charge in [0, 0.05) is 16.3 Å². The molecule has 0 aliphatic rings. The van der Waals surface area contributed by atoms with Gasteiger partial charge >= 0.3 is 0 Å². The molecule has 0 aromatic heterocycles. The lowest BCUT2D eigenvalue weighted by Crippen LogP contribution is -2.26. The lowest BCUT2D eigenvalue weighted by atomic mass is 9.94. The van der Waals surface area contributed by atoms with Gasteiger partial charge < -0.3 is 11.1 Å². The van der Waals surface area contributed by atoms with E-state index in [1.165, 1.54) is 18.9 Å². The molecule has 0 fully saturated rings. The maximum Gasteiger partial charge on any atom is 0.239 e. The van der Waals surface area contributed by atoms with Gasteiger partial charge in [-0.2, -0.15) is 0 Å². The van der Waals surface area contributed by atoms with Crippen LogP contribution < -0.4 is 11.1 Å². The number of amidine groups is 1. The van der Waals surface area contributed by atoms with Crippen LogP contribution in [0.15, 0.2) is 78.9 Å². The highest BCUT2D eigenvalue weighted by Gasteiger charge is 2.25. The van der Waals surface area contributed by atoms with E-state index in [1.807, 2.05) is 18.2 Å². The van der Waals surface area contributed by atoms with Crippen LogP contribution in [-0.2, 0) is 9.59 Å². The molecule has 0 aliphatic heterocycles. The summed E-state index contributed by atoms with van der Waals surface area (Å²) in [6, 6.07) is 23.6. The number of hydrogen-bond donors (Lipinski definition) is 3. The Labute approximate surface area is 200 Å². The molecule has 172 valence electrons. The van der Waals surface area contributed by atoms with E-state index in [0.29, 0.717) is 22.7 Å². The van der Waals surface area contributed by atoms with Crippen LogP contribution in [0.25, 0.3) is 0 Å². The van der Waals surface area contributed by atoms with Crippen molar-refractivity contribution >= 4 is 34.8 Å². The normalized spacial score (nSPS) is 12.0. The number of benzene rings is 3. The van der Waals surface area contributed by atoms with Gasteiger partial charge in [0.25, 0.3) is 0 Å². The molecule has 5 nitrogen and oxygen atoms in total. The Morgan fingerprint density at radius 3 is 2.00 bits per heavy atom. The number of halogens is 1. The summed E-state index contributed by atoms with van der Waals surface area (Å²) >= 11 is 5.76. The van der Waals surface area contributed by atoms with Gasteiger partial charge in [-0.25, -0.2) is 0 Å². The Hall–Kier alpha value is -3.44. The molecule has 0 radical (unpaired) electrons. The topological polar surface area (TPSA) is 96.0 Å². The molecule has 3 aromatic rings. The average molecular weight is 464 g/mol. The summed E-state index contributed by atoms with van der Waals surface area (Å²) in [6.45, 7) is 5.82. The molecule has 0 spiro atoms. The lowest BCUT2D eigenvalue weighted by Gasteiger charge is -2.14. The number of nitrogens with one attached hydrogen (secondary N) is 2. The van der Waals surface area contributed by atoms with Crippen LogP contribution in [0.4, 0.5) is 5.69 Å². The zero-order valence-electron chi connectivity index (χ0n) is 19.1. The maximum atomic E-state index is 12.4. The number of hydrogen-bond acceptors (Lipinski definition) is 3. The first-order valence-corrected chi connectivity index (χ1v) is 11.2. The van der Waals surface area contributed by atoms with Crippen molar-refractivity contribution in [3.8, 4) is 0 Å². The number of carbonyl (C=O) groups is 2. The summed E-state index contributed by atoms with van der Waals surface area (Å²) in [5.41, 5.74) is 8.54. The number of ketones is 1. The van der Waals surface area contributed by atoms with E-state index in [0.717, 1.165) is 5.02 Å². The first-order valence-electron chi connectivity index (χ1n) is 10.8. The summed E-state index contributed by atoms with van der Waals surface area (Å²) < 4.78 is 0. The Morgan fingerprint density at radius 1 is 0.939 bits per heavy atom. The zero-order chi connectivity index (χ0) is 24.4. The Bertz CT molecular complexity index is 1060. The van der Waals surface area contributed by atoms with Gasteiger partial charge in [0.1, 0.15) is 17.5 Å². The summed E-state index contributed by atoms with van der Waals surface area (Å²) in [5.74, 6) is -0.831. The number of rotatable bonds is 7. The summed E-state index contributed by atoms with van der Waals surface area (Å²) in [7, 11) is 0. The van der Waals surface area contributed by atoms with Crippen LogP contribution in [0, 0.1) is 5.41 Å². The van der Waals surface area contributed by atoms with Crippen LogP contribution in [0.5, 0.6) is 0 Å². The number of Topliss-reactive ketones (excluding diaryl/α,β-unsaturated/α-hetero) is 1. The first kappa shape index (κ1) is 25.8. The minimum atomic E-state index is -0.839. The molecule has 0 aliphatic carbocycles. The van der Waals surface area contributed by atoms with Gasteiger partial charge in [0.15, 0.2) is 0 Å². The van der Waals surface area contributed by atoms with Gasteiger partial charge in [-0.15, -0.1) is 0 Å². The first-order chi connectivity index (χ1) is 15.7. The third-order valence-corrected chi connectivity index (χ3v) is 5.57. The molecule has 3 aromatic carbocycles. The van der Waals surface area contributed by atoms with Crippen LogP contribution in [0.2, 0.25) is 5.02 Å². The molecule has 0 saturated carbocycles. The van der Waals surface area contributed by atoms with E-state index in [-0.39, 0.29) is 17.5 Å². The fourth-order valence-corrected chi connectivity index (χ4v) is 3.32. The van der Waals surface area contributed by atoms with Crippen molar-refractivity contribution in [3.05, 3.63) is 101 Å². The van der Waals surface area contributed by atoms with Crippen LogP contribution in [0.3, 0.4) is 0 Å². The summed E-state index contributed by atoms with van der Waals surface area (Å²) in [4.78, 5) is 24.2. The Kier molecular flexibility index (Phi) is 9.83. The second-order valence-corrected chi connectivity index (χ2v) is 8.23. The minimum Gasteiger partial charge on any atom is -0.384 e. The van der Waals surface area contributed by atoms with Gasteiger partial charge in [-0.05, 0) is 66.8 Å². The molecule has 1 amide bonds. The van der Waals surface area contributed by atoms with Crippen molar-refractivity contribution < 1.29 is 9.59 Å². The van der Waals surface area contributed by atoms with E-state index in [9.17, 15) is 9.59 Å². The van der Waals surface area contributed by atoms with E-state index < -0.39 is 5.92 Å². The minimum absolute atomic E-state index is 0.0382. The third kappa shape index (κ3) is 7.88. The molecule has 0 saturated heterocycles. The SMILES string of the molecule is CC(=O)C(C(=O)Nc1ccc(C(=N)N)cc1)c1ccccc1.CC[C@@H](C)c1ccc(Cl)cc1. The lowest BCUT2D eigenvalue weighted by molar-refractivity contribution is -0.126. The number of nitrogen functional groups attached to an aromatic ring is 1. The average Bonchev–Trinajstić information content (AvgIpc) is 2.80. The van der Waals surface area contributed by atoms with E-state index >= 15 is 0 Å². The molecule has 2 atom stereocenters. The number of nitrogens with two attached hydrogens (primary N) is 1. The summed E-state index contributed by atoms with van der Waals surface area (Å²) in [5, 5.41) is 10.9. The molecule has 33 heavy (non-hydrogen) atoms. The highest BCUT2D eigenvalue weighted by Crippen LogP contribution is 2.21. The molecule has 0 heterocycles. The highest BCUT2D eigenvalue weighted by molar-refractivity contribution is 6.30. The molecule has 4 N–H and O–H groups in total. The molecular formula is C27H30ClN3O2. The van der Waals surface area contributed by atoms with E-state index in [4.69, 9.17) is 22.7 Å². The van der Waals surface area contributed by atoms with Gasteiger partial charge in [0.2, 0.25) is 5.91 Å². The maximum absolute atomic E-state index is 12.4. The smallest absolute Gasteiger partial charge is 0.239 e. The standard InChI is InChI=1S/C17H17N3O2.C10H13Cl/c1-11(21)15(12-5-3-2-4-6-12)17(22)20-14-9-7-13(8-10-14)16(18)19;1-3-8(2)9-4-6-10(11)7-5-9/h2-10,15H,1H3,(H3,18,19)(H,20,22);4-8H,3H2,1-2H3/t;8-/m.1/s1. The highest BCUT2D eigenvalue weighted by atomic mass is 35.5. The molecule has 3 rings (SSSR count). The molecular weight excluding hydrogens is 434 g/mol. The van der Waals surface area contributed by atoms with Gasteiger partial charge in [0.05, 0.1) is 0 Å². The van der Waals surface area contributed by atoms with Crippen molar-refractivity contribution in [2.75, 3.05) is 5.32 Å².